The van der Waals surface area contributed by atoms with E-state index in [0.717, 1.165) is 86.4 Å². The standard InChI is InChI=1S/C25H28N4O/c30-23-12-6-7-15-29(23)18-19-13-16-28(17-14-19)25-26-22-11-5-4-10-21(22)24(27-25)20-8-2-1-3-9-20/h1-5,8-11,19H,6-7,12-18H2. The number of fused-ring (bicyclic) bond motifs is 1. The molecule has 5 heteroatoms. The van der Waals surface area contributed by atoms with Crippen LogP contribution in [0, 0.1) is 5.92 Å². The summed E-state index contributed by atoms with van der Waals surface area (Å²) in [6.07, 6.45) is 5.10. The van der Waals surface area contributed by atoms with E-state index in [9.17, 15) is 4.79 Å². The normalized spacial score (nSPS) is 18.2. The molecule has 1 aromatic heterocycles. The van der Waals surface area contributed by atoms with Gasteiger partial charge in [0.1, 0.15) is 0 Å². The monoisotopic (exact) mass is 400 g/mol. The molecule has 30 heavy (non-hydrogen) atoms. The summed E-state index contributed by atoms with van der Waals surface area (Å²) in [5.41, 5.74) is 3.11. The van der Waals surface area contributed by atoms with Crippen molar-refractivity contribution >= 4 is 22.8 Å². The molecule has 0 radical (unpaired) electrons. The third-order valence-corrected chi connectivity index (χ3v) is 6.44. The van der Waals surface area contributed by atoms with Gasteiger partial charge in [-0.1, -0.05) is 48.5 Å². The predicted octanol–water partition coefficient (Wildman–Crippen LogP) is 4.53. The van der Waals surface area contributed by atoms with E-state index in [1.807, 2.05) is 18.2 Å². The van der Waals surface area contributed by atoms with Gasteiger partial charge in [0.25, 0.3) is 0 Å². The van der Waals surface area contributed by atoms with Gasteiger partial charge in [-0.3, -0.25) is 4.79 Å². The largest absolute Gasteiger partial charge is 0.342 e. The van der Waals surface area contributed by atoms with E-state index in [1.165, 1.54) is 0 Å². The van der Waals surface area contributed by atoms with Crippen molar-refractivity contribution in [2.45, 2.75) is 32.1 Å². The van der Waals surface area contributed by atoms with E-state index in [-0.39, 0.29) is 0 Å². The molecule has 2 fully saturated rings. The number of rotatable bonds is 4. The van der Waals surface area contributed by atoms with E-state index in [2.05, 4.69) is 46.2 Å². The van der Waals surface area contributed by atoms with Gasteiger partial charge in [-0.25, -0.2) is 9.97 Å². The Balaban J connectivity index is 1.35. The highest BCUT2D eigenvalue weighted by molar-refractivity contribution is 5.93. The van der Waals surface area contributed by atoms with E-state index in [1.54, 1.807) is 0 Å². The van der Waals surface area contributed by atoms with Crippen LogP contribution in [0.5, 0.6) is 0 Å². The summed E-state index contributed by atoms with van der Waals surface area (Å²) in [6.45, 7) is 3.74. The highest BCUT2D eigenvalue weighted by Crippen LogP contribution is 2.30. The molecule has 0 aliphatic carbocycles. The summed E-state index contributed by atoms with van der Waals surface area (Å²) < 4.78 is 0. The molecule has 0 unspecified atom stereocenters. The molecule has 2 aliphatic heterocycles. The number of para-hydroxylation sites is 1. The Morgan fingerprint density at radius 1 is 0.867 bits per heavy atom. The van der Waals surface area contributed by atoms with Crippen molar-refractivity contribution in [2.24, 2.45) is 5.92 Å². The number of aromatic nitrogens is 2. The molecule has 5 rings (SSSR count). The topological polar surface area (TPSA) is 49.3 Å². The first kappa shape index (κ1) is 19.0. The zero-order valence-corrected chi connectivity index (χ0v) is 17.3. The summed E-state index contributed by atoms with van der Waals surface area (Å²) in [4.78, 5) is 26.4. The second-order valence-corrected chi connectivity index (χ2v) is 8.48. The van der Waals surface area contributed by atoms with E-state index in [0.29, 0.717) is 11.8 Å². The maximum atomic E-state index is 12.1. The molecule has 3 heterocycles. The lowest BCUT2D eigenvalue weighted by Crippen LogP contribution is -2.43. The fourth-order valence-electron chi connectivity index (χ4n) is 4.70. The SMILES string of the molecule is O=C1CCCCN1CC1CCN(c2nc(-c3ccccc3)c3ccccc3n2)CC1. The third-order valence-electron chi connectivity index (χ3n) is 6.44. The van der Waals surface area contributed by atoms with Crippen molar-refractivity contribution in [3.8, 4) is 11.3 Å². The summed E-state index contributed by atoms with van der Waals surface area (Å²) in [5.74, 6) is 1.74. The molecule has 154 valence electrons. The van der Waals surface area contributed by atoms with Crippen molar-refractivity contribution in [2.75, 3.05) is 31.1 Å². The van der Waals surface area contributed by atoms with Crippen LogP contribution in [-0.4, -0.2) is 47.0 Å². The average molecular weight is 401 g/mol. The maximum absolute atomic E-state index is 12.1. The number of nitrogens with zero attached hydrogens (tertiary/aromatic N) is 4. The Morgan fingerprint density at radius 3 is 2.43 bits per heavy atom. The zero-order chi connectivity index (χ0) is 20.3. The summed E-state index contributed by atoms with van der Waals surface area (Å²) in [5, 5.41) is 1.09. The Bertz CT molecular complexity index is 1030. The second-order valence-electron chi connectivity index (χ2n) is 8.48. The number of likely N-dealkylation sites (tertiary alicyclic amines) is 1. The minimum atomic E-state index is 0.342. The van der Waals surface area contributed by atoms with Crippen molar-refractivity contribution < 1.29 is 4.79 Å². The highest BCUT2D eigenvalue weighted by atomic mass is 16.2. The fraction of sp³-hybridized carbons (Fsp3) is 0.400. The van der Waals surface area contributed by atoms with Crippen LogP contribution in [0.3, 0.4) is 0 Å². The van der Waals surface area contributed by atoms with Crippen molar-refractivity contribution in [3.63, 3.8) is 0 Å². The van der Waals surface area contributed by atoms with Crippen molar-refractivity contribution in [1.29, 1.82) is 0 Å². The number of anilines is 1. The minimum Gasteiger partial charge on any atom is -0.342 e. The van der Waals surface area contributed by atoms with Gasteiger partial charge in [0, 0.05) is 43.5 Å². The van der Waals surface area contributed by atoms with Crippen LogP contribution in [0.4, 0.5) is 5.95 Å². The molecular formula is C25H28N4O. The second kappa shape index (κ2) is 8.42. The van der Waals surface area contributed by atoms with Crippen LogP contribution in [-0.2, 0) is 4.79 Å². The number of carbonyl (C=O) groups is 1. The quantitative estimate of drug-likeness (QED) is 0.646. The molecule has 0 N–H and O–H groups in total. The smallest absolute Gasteiger partial charge is 0.226 e. The van der Waals surface area contributed by atoms with Gasteiger partial charge in [-0.2, -0.15) is 0 Å². The first-order chi connectivity index (χ1) is 14.8. The van der Waals surface area contributed by atoms with Gasteiger partial charge in [0.15, 0.2) is 0 Å². The van der Waals surface area contributed by atoms with Crippen LogP contribution in [0.15, 0.2) is 54.6 Å². The lowest BCUT2D eigenvalue weighted by molar-refractivity contribution is -0.134. The predicted molar refractivity (Wildman–Crippen MR) is 120 cm³/mol. The molecular weight excluding hydrogens is 372 g/mol. The van der Waals surface area contributed by atoms with Crippen molar-refractivity contribution in [1.82, 2.24) is 14.9 Å². The van der Waals surface area contributed by atoms with Crippen LogP contribution in [0.1, 0.15) is 32.1 Å². The van der Waals surface area contributed by atoms with Gasteiger partial charge >= 0.3 is 0 Å². The number of hydrogen-bond donors (Lipinski definition) is 0. The Morgan fingerprint density at radius 2 is 1.63 bits per heavy atom. The lowest BCUT2D eigenvalue weighted by atomic mass is 9.95. The Kier molecular flexibility index (Phi) is 5.35. The number of piperidine rings is 2. The van der Waals surface area contributed by atoms with Gasteiger partial charge in [0.05, 0.1) is 11.2 Å². The number of benzene rings is 2. The van der Waals surface area contributed by atoms with Gasteiger partial charge in [0.2, 0.25) is 11.9 Å². The summed E-state index contributed by atoms with van der Waals surface area (Å²) in [6, 6.07) is 18.6. The minimum absolute atomic E-state index is 0.342. The van der Waals surface area contributed by atoms with Crippen molar-refractivity contribution in [3.05, 3.63) is 54.6 Å². The lowest BCUT2D eigenvalue weighted by Gasteiger charge is -2.36. The number of carbonyl (C=O) groups excluding carboxylic acids is 1. The van der Waals surface area contributed by atoms with E-state index < -0.39 is 0 Å². The summed E-state index contributed by atoms with van der Waals surface area (Å²) >= 11 is 0. The van der Waals surface area contributed by atoms with E-state index in [4.69, 9.17) is 9.97 Å². The molecule has 1 amide bonds. The van der Waals surface area contributed by atoms with Crippen LogP contribution in [0.2, 0.25) is 0 Å². The first-order valence-electron chi connectivity index (χ1n) is 11.1. The number of hydrogen-bond acceptors (Lipinski definition) is 4. The van der Waals surface area contributed by atoms with E-state index >= 15 is 0 Å². The van der Waals surface area contributed by atoms with Crippen LogP contribution >= 0.6 is 0 Å². The van der Waals surface area contributed by atoms with Crippen LogP contribution < -0.4 is 4.90 Å². The molecule has 2 aromatic carbocycles. The van der Waals surface area contributed by atoms with Crippen LogP contribution in [0.25, 0.3) is 22.2 Å². The Hall–Kier alpha value is -2.95. The molecule has 0 atom stereocenters. The third kappa shape index (κ3) is 3.89. The molecule has 0 saturated carbocycles. The first-order valence-corrected chi connectivity index (χ1v) is 11.1. The average Bonchev–Trinajstić information content (AvgIpc) is 2.81. The fourth-order valence-corrected chi connectivity index (χ4v) is 4.70. The Labute approximate surface area is 177 Å². The maximum Gasteiger partial charge on any atom is 0.226 e. The molecule has 2 aliphatic rings. The van der Waals surface area contributed by atoms with Gasteiger partial charge < -0.3 is 9.80 Å². The molecule has 2 saturated heterocycles. The molecule has 5 nitrogen and oxygen atoms in total. The molecule has 0 spiro atoms. The van der Waals surface area contributed by atoms with Gasteiger partial charge in [-0.15, -0.1) is 0 Å². The van der Waals surface area contributed by atoms with Gasteiger partial charge in [-0.05, 0) is 37.7 Å². The zero-order valence-electron chi connectivity index (χ0n) is 17.3. The number of amides is 1. The summed E-state index contributed by atoms with van der Waals surface area (Å²) in [7, 11) is 0. The molecule has 0 bridgehead atoms. The molecule has 3 aromatic rings. The highest BCUT2D eigenvalue weighted by Gasteiger charge is 2.26.